The Morgan fingerprint density at radius 2 is 1.95 bits per heavy atom. The predicted molar refractivity (Wildman–Crippen MR) is 74.9 cm³/mol. The van der Waals surface area contributed by atoms with E-state index in [1.807, 2.05) is 0 Å². The Balaban J connectivity index is 2.41. The maximum absolute atomic E-state index is 12.0. The monoisotopic (exact) mass is 301 g/mol. The second-order valence-corrected chi connectivity index (χ2v) is 5.08. The fraction of sp³-hybridized carbons (Fsp3) is 0.769. The normalized spacial score (nSPS) is 17.1. The van der Waals surface area contributed by atoms with Crippen molar-refractivity contribution in [1.29, 1.82) is 0 Å². The summed E-state index contributed by atoms with van der Waals surface area (Å²) in [5.41, 5.74) is 0. The number of hydrogen-bond donors (Lipinski definition) is 3. The lowest BCUT2D eigenvalue weighted by atomic mass is 10.1. The maximum Gasteiger partial charge on any atom is 0.326 e. The van der Waals surface area contributed by atoms with E-state index >= 15 is 0 Å². The minimum absolute atomic E-state index is 0.0790. The van der Waals surface area contributed by atoms with E-state index in [4.69, 9.17) is 9.84 Å². The number of hydrogen-bond acceptors (Lipinski definition) is 4. The van der Waals surface area contributed by atoms with E-state index in [1.54, 1.807) is 4.90 Å². The van der Waals surface area contributed by atoms with Crippen LogP contribution in [0.15, 0.2) is 0 Å². The van der Waals surface area contributed by atoms with E-state index in [0.717, 1.165) is 0 Å². The van der Waals surface area contributed by atoms with Crippen LogP contribution in [0.5, 0.6) is 0 Å². The molecule has 0 aromatic carbocycles. The van der Waals surface area contributed by atoms with Crippen LogP contribution in [0.3, 0.4) is 0 Å². The summed E-state index contributed by atoms with van der Waals surface area (Å²) in [6, 6.07) is -1.26. The molecule has 0 aromatic rings. The predicted octanol–water partition coefficient (Wildman–Crippen LogP) is -0.214. The highest BCUT2D eigenvalue weighted by Crippen LogP contribution is 2.10. The summed E-state index contributed by atoms with van der Waals surface area (Å²) < 4.78 is 4.83. The lowest BCUT2D eigenvalue weighted by Gasteiger charge is -2.32. The van der Waals surface area contributed by atoms with Gasteiger partial charge in [0.2, 0.25) is 5.91 Å². The molecule has 0 radical (unpaired) electrons. The molecule has 3 N–H and O–H groups in total. The molecule has 3 amide bonds. The SMILES string of the molecule is COCCC(NC(=O)N1CCC(NC(C)=O)CC1)C(=O)O. The molecule has 0 spiro atoms. The largest absolute Gasteiger partial charge is 0.480 e. The van der Waals surface area contributed by atoms with Crippen LogP contribution in [0.4, 0.5) is 4.79 Å². The molecule has 21 heavy (non-hydrogen) atoms. The van der Waals surface area contributed by atoms with Crippen molar-refractivity contribution < 1.29 is 24.2 Å². The Morgan fingerprint density at radius 1 is 1.33 bits per heavy atom. The average molecular weight is 301 g/mol. The number of carboxylic acids is 1. The Morgan fingerprint density at radius 3 is 2.43 bits per heavy atom. The number of nitrogens with zero attached hydrogens (tertiary/aromatic N) is 1. The van der Waals surface area contributed by atoms with Gasteiger partial charge in [0.05, 0.1) is 0 Å². The molecule has 1 heterocycles. The van der Waals surface area contributed by atoms with E-state index in [2.05, 4.69) is 10.6 Å². The number of methoxy groups -OCH3 is 1. The summed E-state index contributed by atoms with van der Waals surface area (Å²) in [6.07, 6.45) is 1.56. The zero-order valence-electron chi connectivity index (χ0n) is 12.4. The van der Waals surface area contributed by atoms with Gasteiger partial charge in [-0.15, -0.1) is 0 Å². The van der Waals surface area contributed by atoms with E-state index in [1.165, 1.54) is 14.0 Å². The number of ether oxygens (including phenoxy) is 1. The van der Waals surface area contributed by atoms with Gasteiger partial charge in [-0.05, 0) is 12.8 Å². The molecule has 1 rings (SSSR count). The summed E-state index contributed by atoms with van der Waals surface area (Å²) in [4.78, 5) is 35.6. The fourth-order valence-electron chi connectivity index (χ4n) is 2.25. The number of carbonyl (C=O) groups excluding carboxylic acids is 2. The highest BCUT2D eigenvalue weighted by Gasteiger charge is 2.26. The molecule has 0 aliphatic carbocycles. The number of nitrogens with one attached hydrogen (secondary N) is 2. The lowest BCUT2D eigenvalue weighted by molar-refractivity contribution is -0.139. The third-order valence-electron chi connectivity index (χ3n) is 3.40. The molecule has 8 heteroatoms. The minimum Gasteiger partial charge on any atom is -0.480 e. The van der Waals surface area contributed by atoms with Gasteiger partial charge in [0, 0.05) is 46.2 Å². The first-order valence-corrected chi connectivity index (χ1v) is 6.98. The number of aliphatic carboxylic acids is 1. The quantitative estimate of drug-likeness (QED) is 0.629. The summed E-state index contributed by atoms with van der Waals surface area (Å²) in [5, 5.41) is 14.4. The van der Waals surface area contributed by atoms with Crippen molar-refractivity contribution in [1.82, 2.24) is 15.5 Å². The van der Waals surface area contributed by atoms with Crippen molar-refractivity contribution in [2.75, 3.05) is 26.8 Å². The lowest BCUT2D eigenvalue weighted by Crippen LogP contribution is -2.52. The van der Waals surface area contributed by atoms with Crippen molar-refractivity contribution in [3.8, 4) is 0 Å². The van der Waals surface area contributed by atoms with Gasteiger partial charge in [0.15, 0.2) is 0 Å². The molecule has 0 bridgehead atoms. The number of likely N-dealkylation sites (tertiary alicyclic amines) is 1. The van der Waals surface area contributed by atoms with Crippen molar-refractivity contribution >= 4 is 17.9 Å². The third-order valence-corrected chi connectivity index (χ3v) is 3.40. The van der Waals surface area contributed by atoms with Crippen molar-refractivity contribution in [3.05, 3.63) is 0 Å². The van der Waals surface area contributed by atoms with Gasteiger partial charge < -0.3 is 25.4 Å². The van der Waals surface area contributed by atoms with Crippen molar-refractivity contribution in [2.24, 2.45) is 0 Å². The summed E-state index contributed by atoms with van der Waals surface area (Å²) in [5.74, 6) is -1.16. The molecule has 0 saturated carbocycles. The second kappa shape index (κ2) is 8.46. The van der Waals surface area contributed by atoms with Gasteiger partial charge >= 0.3 is 12.0 Å². The van der Waals surface area contributed by atoms with E-state index in [-0.39, 0.29) is 31.0 Å². The molecule has 1 atom stereocenters. The highest BCUT2D eigenvalue weighted by atomic mass is 16.5. The highest BCUT2D eigenvalue weighted by molar-refractivity contribution is 5.82. The molecule has 1 aliphatic heterocycles. The van der Waals surface area contributed by atoms with Crippen LogP contribution in [0, 0.1) is 0 Å². The smallest absolute Gasteiger partial charge is 0.326 e. The number of carboxylic acid groups (broad SMARTS) is 1. The first-order chi connectivity index (χ1) is 9.93. The number of urea groups is 1. The summed E-state index contributed by atoms with van der Waals surface area (Å²) in [7, 11) is 1.48. The van der Waals surface area contributed by atoms with Gasteiger partial charge in [-0.2, -0.15) is 0 Å². The summed E-state index contributed by atoms with van der Waals surface area (Å²) >= 11 is 0. The number of carbonyl (C=O) groups is 3. The molecule has 1 unspecified atom stereocenters. The number of piperidine rings is 1. The van der Waals surface area contributed by atoms with E-state index in [0.29, 0.717) is 25.9 Å². The molecule has 1 saturated heterocycles. The molecule has 0 aromatic heterocycles. The zero-order valence-corrected chi connectivity index (χ0v) is 12.4. The van der Waals surface area contributed by atoms with Gasteiger partial charge in [-0.1, -0.05) is 0 Å². The van der Waals surface area contributed by atoms with Gasteiger partial charge in [0.25, 0.3) is 0 Å². The van der Waals surface area contributed by atoms with Gasteiger partial charge in [0.1, 0.15) is 6.04 Å². The molecule has 8 nitrogen and oxygen atoms in total. The van der Waals surface area contributed by atoms with Crippen LogP contribution in [0.2, 0.25) is 0 Å². The van der Waals surface area contributed by atoms with Crippen LogP contribution < -0.4 is 10.6 Å². The van der Waals surface area contributed by atoms with Crippen molar-refractivity contribution in [2.45, 2.75) is 38.3 Å². The Bertz CT molecular complexity index is 380. The van der Waals surface area contributed by atoms with Crippen LogP contribution >= 0.6 is 0 Å². The molecule has 1 aliphatic rings. The maximum atomic E-state index is 12.0. The average Bonchev–Trinajstić information content (AvgIpc) is 2.43. The van der Waals surface area contributed by atoms with Crippen LogP contribution in [-0.2, 0) is 14.3 Å². The Hall–Kier alpha value is -1.83. The first kappa shape index (κ1) is 17.2. The van der Waals surface area contributed by atoms with Crippen LogP contribution in [0.25, 0.3) is 0 Å². The first-order valence-electron chi connectivity index (χ1n) is 6.98. The summed E-state index contributed by atoms with van der Waals surface area (Å²) in [6.45, 7) is 2.72. The van der Waals surface area contributed by atoms with Crippen molar-refractivity contribution in [3.63, 3.8) is 0 Å². The van der Waals surface area contributed by atoms with E-state index in [9.17, 15) is 14.4 Å². The topological polar surface area (TPSA) is 108 Å². The van der Waals surface area contributed by atoms with Gasteiger partial charge in [-0.3, -0.25) is 4.79 Å². The van der Waals surface area contributed by atoms with Crippen LogP contribution in [-0.4, -0.2) is 66.8 Å². The molecule has 120 valence electrons. The molecular weight excluding hydrogens is 278 g/mol. The Labute approximate surface area is 123 Å². The molecule has 1 fully saturated rings. The third kappa shape index (κ3) is 5.99. The fourth-order valence-corrected chi connectivity index (χ4v) is 2.25. The standard InChI is InChI=1S/C13H23N3O5/c1-9(17)14-10-3-6-16(7-4-10)13(20)15-11(12(18)19)5-8-21-2/h10-11H,3-8H2,1-2H3,(H,14,17)(H,15,20)(H,18,19). The van der Waals surface area contributed by atoms with Crippen LogP contribution in [0.1, 0.15) is 26.2 Å². The number of amides is 3. The molecular formula is C13H23N3O5. The second-order valence-electron chi connectivity index (χ2n) is 5.08. The van der Waals surface area contributed by atoms with E-state index < -0.39 is 12.0 Å². The number of rotatable bonds is 6. The Kier molecular flexibility index (Phi) is 6.93. The minimum atomic E-state index is -1.08. The van der Waals surface area contributed by atoms with Gasteiger partial charge in [-0.25, -0.2) is 9.59 Å². The zero-order chi connectivity index (χ0) is 15.8.